The Balaban J connectivity index is 1.63. The Bertz CT molecular complexity index is 1140. The van der Waals surface area contributed by atoms with Gasteiger partial charge in [-0.15, -0.1) is 11.8 Å². The Hall–Kier alpha value is -2.97. The number of primary amides is 1. The maximum atomic E-state index is 12.6. The fraction of sp³-hybridized carbons (Fsp3) is 0.273. The molecule has 3 aromatic rings. The molecule has 2 heterocycles. The normalized spacial score (nSPS) is 14.1. The van der Waals surface area contributed by atoms with Crippen LogP contribution in [0.1, 0.15) is 15.9 Å². The molecule has 2 aromatic carbocycles. The third-order valence-corrected chi connectivity index (χ3v) is 5.96. The van der Waals surface area contributed by atoms with Gasteiger partial charge < -0.3 is 25.7 Å². The second-order valence-corrected chi connectivity index (χ2v) is 8.01. The van der Waals surface area contributed by atoms with Crippen molar-refractivity contribution >= 4 is 39.9 Å². The van der Waals surface area contributed by atoms with Crippen LogP contribution in [-0.4, -0.2) is 43.5 Å². The van der Waals surface area contributed by atoms with E-state index in [0.717, 1.165) is 40.3 Å². The predicted octanol–water partition coefficient (Wildman–Crippen LogP) is 2.80. The molecule has 4 rings (SSSR count). The first kappa shape index (κ1) is 20.3. The zero-order valence-corrected chi connectivity index (χ0v) is 17.6. The number of anilines is 2. The van der Waals surface area contributed by atoms with Gasteiger partial charge in [0.1, 0.15) is 0 Å². The number of hydrogen-bond acceptors (Lipinski definition) is 6. The van der Waals surface area contributed by atoms with Gasteiger partial charge in [0.05, 0.1) is 24.6 Å². The summed E-state index contributed by atoms with van der Waals surface area (Å²) in [6.07, 6.45) is 2.00. The topological polar surface area (TPSA) is 100 Å². The van der Waals surface area contributed by atoms with Crippen molar-refractivity contribution < 1.29 is 9.53 Å². The highest BCUT2D eigenvalue weighted by Crippen LogP contribution is 2.29. The van der Waals surface area contributed by atoms with Crippen molar-refractivity contribution in [2.45, 2.75) is 11.4 Å². The van der Waals surface area contributed by atoms with Crippen LogP contribution in [0.5, 0.6) is 0 Å². The van der Waals surface area contributed by atoms with E-state index in [1.165, 1.54) is 0 Å². The van der Waals surface area contributed by atoms with Gasteiger partial charge in [-0.3, -0.25) is 9.59 Å². The summed E-state index contributed by atoms with van der Waals surface area (Å²) in [5, 5.41) is 4.31. The van der Waals surface area contributed by atoms with Gasteiger partial charge in [0.15, 0.2) is 0 Å². The number of nitrogens with one attached hydrogen (secondary N) is 2. The maximum Gasteiger partial charge on any atom is 0.253 e. The fourth-order valence-corrected chi connectivity index (χ4v) is 4.02. The predicted molar refractivity (Wildman–Crippen MR) is 122 cm³/mol. The lowest BCUT2D eigenvalue weighted by molar-refractivity contribution is 0.1000. The summed E-state index contributed by atoms with van der Waals surface area (Å²) >= 11 is 1.63. The average Bonchev–Trinajstić information content (AvgIpc) is 2.77. The first-order valence-corrected chi connectivity index (χ1v) is 11.0. The molecule has 7 nitrogen and oxygen atoms in total. The van der Waals surface area contributed by atoms with Crippen LogP contribution >= 0.6 is 11.8 Å². The van der Waals surface area contributed by atoms with Crippen LogP contribution in [0.25, 0.3) is 10.9 Å². The van der Waals surface area contributed by atoms with E-state index < -0.39 is 5.91 Å². The van der Waals surface area contributed by atoms with E-state index in [1.54, 1.807) is 23.9 Å². The molecule has 0 radical (unpaired) electrons. The molecule has 30 heavy (non-hydrogen) atoms. The Morgan fingerprint density at radius 3 is 2.73 bits per heavy atom. The third kappa shape index (κ3) is 4.29. The first-order chi connectivity index (χ1) is 14.5. The molecule has 156 valence electrons. The van der Waals surface area contributed by atoms with E-state index >= 15 is 0 Å². The zero-order valence-electron chi connectivity index (χ0n) is 16.7. The Kier molecular flexibility index (Phi) is 5.96. The van der Waals surface area contributed by atoms with Gasteiger partial charge >= 0.3 is 0 Å². The summed E-state index contributed by atoms with van der Waals surface area (Å²) in [5.41, 5.74) is 8.94. The highest BCUT2D eigenvalue weighted by Gasteiger charge is 2.17. The minimum absolute atomic E-state index is 0.132. The molecule has 0 aliphatic carbocycles. The van der Waals surface area contributed by atoms with E-state index in [9.17, 15) is 9.59 Å². The van der Waals surface area contributed by atoms with Crippen LogP contribution in [-0.2, 0) is 11.3 Å². The monoisotopic (exact) mass is 424 g/mol. The molecule has 1 fully saturated rings. The van der Waals surface area contributed by atoms with Gasteiger partial charge in [-0.25, -0.2) is 0 Å². The van der Waals surface area contributed by atoms with Crippen LogP contribution < -0.4 is 21.5 Å². The number of hydrogen-bond donors (Lipinski definition) is 3. The number of morpholine rings is 1. The summed E-state index contributed by atoms with van der Waals surface area (Å²) in [7, 11) is 0. The minimum Gasteiger partial charge on any atom is -0.379 e. The van der Waals surface area contributed by atoms with E-state index in [-0.39, 0.29) is 5.56 Å². The van der Waals surface area contributed by atoms with E-state index in [1.807, 2.05) is 36.6 Å². The second kappa shape index (κ2) is 8.81. The zero-order chi connectivity index (χ0) is 21.1. The number of aromatic amines is 1. The number of fused-ring (bicyclic) bond motifs is 1. The molecule has 0 atom stereocenters. The lowest BCUT2D eigenvalue weighted by Gasteiger charge is -2.31. The molecule has 0 bridgehead atoms. The number of amides is 1. The Morgan fingerprint density at radius 2 is 2.00 bits per heavy atom. The molecule has 1 saturated heterocycles. The molecule has 1 aliphatic heterocycles. The van der Waals surface area contributed by atoms with E-state index in [2.05, 4.69) is 15.2 Å². The molecule has 4 N–H and O–H groups in total. The number of nitrogens with two attached hydrogens (primary N) is 1. The third-order valence-electron chi connectivity index (χ3n) is 5.23. The number of thioether (sulfide) groups is 1. The van der Waals surface area contributed by atoms with Gasteiger partial charge in [-0.1, -0.05) is 6.07 Å². The number of carbonyl (C=O) groups excluding carboxylic acids is 1. The molecule has 1 aromatic heterocycles. The molecule has 0 unspecified atom stereocenters. The van der Waals surface area contributed by atoms with Crippen LogP contribution in [0.2, 0.25) is 0 Å². The standard InChI is InChI=1S/C22H24N4O3S/c1-30-17-4-2-14-10-16(22(28)25-18(14)12-17)13-24-19-11-15(21(23)27)3-5-20(19)26-6-8-29-9-7-26/h2-5,10-12,24H,6-9,13H2,1H3,(H2,23,27)(H,25,28). The van der Waals surface area contributed by atoms with E-state index in [0.29, 0.717) is 30.9 Å². The minimum atomic E-state index is -0.486. The maximum absolute atomic E-state index is 12.6. The molecule has 1 aliphatic rings. The van der Waals surface area contributed by atoms with Crippen molar-refractivity contribution in [3.63, 3.8) is 0 Å². The average molecular weight is 425 g/mol. The Morgan fingerprint density at radius 1 is 1.20 bits per heavy atom. The smallest absolute Gasteiger partial charge is 0.253 e. The van der Waals surface area contributed by atoms with Gasteiger partial charge in [0.25, 0.3) is 5.56 Å². The first-order valence-electron chi connectivity index (χ1n) is 9.75. The van der Waals surface area contributed by atoms with Crippen LogP contribution in [0.15, 0.2) is 52.2 Å². The van der Waals surface area contributed by atoms with Gasteiger partial charge in [-0.2, -0.15) is 0 Å². The summed E-state index contributed by atoms with van der Waals surface area (Å²) in [6, 6.07) is 13.3. The van der Waals surface area contributed by atoms with Gasteiger partial charge in [0, 0.05) is 41.2 Å². The van der Waals surface area contributed by atoms with Crippen molar-refractivity contribution in [3.05, 3.63) is 63.9 Å². The van der Waals surface area contributed by atoms with Crippen LogP contribution in [0.3, 0.4) is 0 Å². The molecular weight excluding hydrogens is 400 g/mol. The number of benzene rings is 2. The van der Waals surface area contributed by atoms with Crippen LogP contribution in [0, 0.1) is 0 Å². The number of ether oxygens (including phenoxy) is 1. The molecule has 0 saturated carbocycles. The number of pyridine rings is 1. The van der Waals surface area contributed by atoms with Gasteiger partial charge in [0.2, 0.25) is 5.91 Å². The van der Waals surface area contributed by atoms with Gasteiger partial charge in [-0.05, 0) is 48.0 Å². The van der Waals surface area contributed by atoms with Crippen LogP contribution in [0.4, 0.5) is 11.4 Å². The summed E-state index contributed by atoms with van der Waals surface area (Å²) in [4.78, 5) is 30.6. The largest absolute Gasteiger partial charge is 0.379 e. The number of carbonyl (C=O) groups is 1. The summed E-state index contributed by atoms with van der Waals surface area (Å²) < 4.78 is 5.44. The van der Waals surface area contributed by atoms with Crippen molar-refractivity contribution in [2.75, 3.05) is 42.8 Å². The Labute approximate surface area is 178 Å². The molecule has 1 amide bonds. The number of H-pyrrole nitrogens is 1. The van der Waals surface area contributed by atoms with Crippen molar-refractivity contribution in [1.29, 1.82) is 0 Å². The van der Waals surface area contributed by atoms with Crippen molar-refractivity contribution in [2.24, 2.45) is 5.73 Å². The van der Waals surface area contributed by atoms with E-state index in [4.69, 9.17) is 10.5 Å². The van der Waals surface area contributed by atoms with Crippen molar-refractivity contribution in [3.8, 4) is 0 Å². The fourth-order valence-electron chi connectivity index (χ4n) is 3.58. The summed E-state index contributed by atoms with van der Waals surface area (Å²) in [6.45, 7) is 3.16. The second-order valence-electron chi connectivity index (χ2n) is 7.13. The molecule has 0 spiro atoms. The lowest BCUT2D eigenvalue weighted by atomic mass is 10.1. The lowest BCUT2D eigenvalue weighted by Crippen LogP contribution is -2.36. The number of aromatic nitrogens is 1. The number of nitrogens with zero attached hydrogens (tertiary/aromatic N) is 1. The highest BCUT2D eigenvalue weighted by atomic mass is 32.2. The SMILES string of the molecule is CSc1ccc2cc(CNc3cc(C(N)=O)ccc3N3CCOCC3)c(=O)[nH]c2c1. The van der Waals surface area contributed by atoms with Crippen molar-refractivity contribution in [1.82, 2.24) is 4.98 Å². The molecule has 8 heteroatoms. The summed E-state index contributed by atoms with van der Waals surface area (Å²) in [5.74, 6) is -0.486. The highest BCUT2D eigenvalue weighted by molar-refractivity contribution is 7.98. The number of rotatable bonds is 6. The molecular formula is C22H24N4O3S. The quantitative estimate of drug-likeness (QED) is 0.526.